The first-order chi connectivity index (χ1) is 8.34. The summed E-state index contributed by atoms with van der Waals surface area (Å²) in [6, 6.07) is 8.24. The monoisotopic (exact) mass is 226 g/mol. The van der Waals surface area contributed by atoms with Crippen molar-refractivity contribution in [1.82, 2.24) is 19.1 Å². The fourth-order valence-electron chi connectivity index (χ4n) is 2.11. The molecule has 0 saturated carbocycles. The molecular formula is C13H14N4. The quantitative estimate of drug-likeness (QED) is 0.686. The first-order valence-electron chi connectivity index (χ1n) is 5.72. The number of hydrogen-bond donors (Lipinski definition) is 0. The van der Waals surface area contributed by atoms with Crippen molar-refractivity contribution >= 4 is 11.0 Å². The van der Waals surface area contributed by atoms with E-state index >= 15 is 0 Å². The Kier molecular flexibility index (Phi) is 2.40. The van der Waals surface area contributed by atoms with Crippen molar-refractivity contribution in [3.63, 3.8) is 0 Å². The average Bonchev–Trinajstić information content (AvgIpc) is 2.93. The van der Waals surface area contributed by atoms with Crippen LogP contribution in [-0.4, -0.2) is 19.1 Å². The third-order valence-electron chi connectivity index (χ3n) is 2.99. The molecule has 2 heterocycles. The number of fused-ring (bicyclic) bond motifs is 1. The van der Waals surface area contributed by atoms with Gasteiger partial charge in [0, 0.05) is 25.5 Å². The number of hydrogen-bond acceptors (Lipinski definition) is 2. The van der Waals surface area contributed by atoms with Gasteiger partial charge in [0.25, 0.3) is 0 Å². The minimum Gasteiger partial charge on any atom is -0.336 e. The van der Waals surface area contributed by atoms with Gasteiger partial charge in [-0.1, -0.05) is 12.1 Å². The molecule has 0 radical (unpaired) electrons. The second-order valence-electron chi connectivity index (χ2n) is 4.10. The van der Waals surface area contributed by atoms with Gasteiger partial charge in [-0.3, -0.25) is 0 Å². The highest BCUT2D eigenvalue weighted by molar-refractivity contribution is 5.75. The van der Waals surface area contributed by atoms with E-state index in [4.69, 9.17) is 0 Å². The highest BCUT2D eigenvalue weighted by Crippen LogP contribution is 2.15. The molecule has 4 heteroatoms. The minimum absolute atomic E-state index is 0.918. The number of aryl methyl sites for hydroxylation is 3. The molecule has 0 aliphatic rings. The Morgan fingerprint density at radius 3 is 2.88 bits per heavy atom. The van der Waals surface area contributed by atoms with Gasteiger partial charge in [0.05, 0.1) is 17.4 Å². The van der Waals surface area contributed by atoms with E-state index < -0.39 is 0 Å². The zero-order valence-corrected chi connectivity index (χ0v) is 9.74. The van der Waals surface area contributed by atoms with Crippen LogP contribution < -0.4 is 0 Å². The highest BCUT2D eigenvalue weighted by atomic mass is 15.1. The molecule has 4 nitrogen and oxygen atoms in total. The van der Waals surface area contributed by atoms with Crippen molar-refractivity contribution in [2.45, 2.75) is 20.0 Å². The number of para-hydroxylation sites is 2. The van der Waals surface area contributed by atoms with Gasteiger partial charge in [0.2, 0.25) is 0 Å². The summed E-state index contributed by atoms with van der Waals surface area (Å²) in [7, 11) is 0. The predicted molar refractivity (Wildman–Crippen MR) is 66.7 cm³/mol. The summed E-state index contributed by atoms with van der Waals surface area (Å²) in [5, 5.41) is 0. The summed E-state index contributed by atoms with van der Waals surface area (Å²) in [5.41, 5.74) is 2.26. The fraction of sp³-hybridized carbons (Fsp3) is 0.231. The van der Waals surface area contributed by atoms with Gasteiger partial charge in [-0.2, -0.15) is 0 Å². The highest BCUT2D eigenvalue weighted by Gasteiger charge is 2.05. The summed E-state index contributed by atoms with van der Waals surface area (Å²) in [6.45, 7) is 3.89. The van der Waals surface area contributed by atoms with E-state index in [2.05, 4.69) is 37.3 Å². The number of imidazole rings is 2. The van der Waals surface area contributed by atoms with Crippen molar-refractivity contribution in [1.29, 1.82) is 0 Å². The Morgan fingerprint density at radius 1 is 1.18 bits per heavy atom. The van der Waals surface area contributed by atoms with Gasteiger partial charge in [-0.15, -0.1) is 0 Å². The van der Waals surface area contributed by atoms with Crippen molar-refractivity contribution < 1.29 is 0 Å². The van der Waals surface area contributed by atoms with E-state index in [1.165, 1.54) is 5.52 Å². The Hall–Kier alpha value is -2.10. The summed E-state index contributed by atoms with van der Waals surface area (Å²) in [4.78, 5) is 8.60. The van der Waals surface area contributed by atoms with E-state index in [9.17, 15) is 0 Å². The zero-order valence-electron chi connectivity index (χ0n) is 9.74. The molecule has 0 bridgehead atoms. The zero-order chi connectivity index (χ0) is 11.7. The molecule has 0 spiro atoms. The lowest BCUT2D eigenvalue weighted by Gasteiger charge is -2.07. The third-order valence-corrected chi connectivity index (χ3v) is 2.99. The number of rotatable bonds is 3. The predicted octanol–water partition coefficient (Wildman–Crippen LogP) is 2.24. The molecule has 0 atom stereocenters. The van der Waals surface area contributed by atoms with E-state index in [-0.39, 0.29) is 0 Å². The molecular weight excluding hydrogens is 212 g/mol. The molecule has 17 heavy (non-hydrogen) atoms. The molecule has 0 N–H and O–H groups in total. The summed E-state index contributed by atoms with van der Waals surface area (Å²) in [6.07, 6.45) is 5.63. The fourth-order valence-corrected chi connectivity index (χ4v) is 2.11. The van der Waals surface area contributed by atoms with Crippen molar-refractivity contribution in [2.75, 3.05) is 0 Å². The van der Waals surface area contributed by atoms with Crippen LogP contribution in [0.4, 0.5) is 0 Å². The van der Waals surface area contributed by atoms with E-state index in [1.807, 2.05) is 25.5 Å². The molecule has 0 aliphatic carbocycles. The Bertz CT molecular complexity index is 622. The minimum atomic E-state index is 0.918. The molecule has 1 aromatic carbocycles. The van der Waals surface area contributed by atoms with Gasteiger partial charge in [0.1, 0.15) is 5.82 Å². The summed E-state index contributed by atoms with van der Waals surface area (Å²) in [5.74, 6) is 1.06. The SMILES string of the molecule is Cc1nc2ccccc2n1CCn1ccnc1. The van der Waals surface area contributed by atoms with Crippen molar-refractivity contribution in [3.05, 3.63) is 48.8 Å². The van der Waals surface area contributed by atoms with Gasteiger partial charge < -0.3 is 9.13 Å². The third kappa shape index (κ3) is 1.82. The van der Waals surface area contributed by atoms with Gasteiger partial charge in [-0.25, -0.2) is 9.97 Å². The number of nitrogens with zero attached hydrogens (tertiary/aromatic N) is 4. The van der Waals surface area contributed by atoms with Crippen LogP contribution in [0.25, 0.3) is 11.0 Å². The van der Waals surface area contributed by atoms with E-state index in [1.54, 1.807) is 6.20 Å². The maximum atomic E-state index is 4.55. The van der Waals surface area contributed by atoms with Crippen LogP contribution in [0.1, 0.15) is 5.82 Å². The summed E-state index contributed by atoms with van der Waals surface area (Å²) >= 11 is 0. The van der Waals surface area contributed by atoms with Gasteiger partial charge in [0.15, 0.2) is 0 Å². The second-order valence-corrected chi connectivity index (χ2v) is 4.10. The van der Waals surface area contributed by atoms with Crippen LogP contribution in [0, 0.1) is 6.92 Å². The second kappa shape index (κ2) is 4.05. The van der Waals surface area contributed by atoms with Crippen LogP contribution in [0.5, 0.6) is 0 Å². The maximum absolute atomic E-state index is 4.55. The van der Waals surface area contributed by atoms with Gasteiger partial charge in [-0.05, 0) is 19.1 Å². The van der Waals surface area contributed by atoms with Crippen LogP contribution in [0.3, 0.4) is 0 Å². The lowest BCUT2D eigenvalue weighted by molar-refractivity contribution is 0.578. The lowest BCUT2D eigenvalue weighted by atomic mass is 10.3. The molecule has 0 aliphatic heterocycles. The largest absolute Gasteiger partial charge is 0.336 e. The Balaban J connectivity index is 1.92. The van der Waals surface area contributed by atoms with Crippen molar-refractivity contribution in [2.24, 2.45) is 0 Å². The average molecular weight is 226 g/mol. The van der Waals surface area contributed by atoms with Crippen LogP contribution in [0.15, 0.2) is 43.0 Å². The maximum Gasteiger partial charge on any atom is 0.106 e. The topological polar surface area (TPSA) is 35.6 Å². The van der Waals surface area contributed by atoms with E-state index in [0.717, 1.165) is 24.4 Å². The Morgan fingerprint density at radius 2 is 2.06 bits per heavy atom. The lowest BCUT2D eigenvalue weighted by Crippen LogP contribution is -2.07. The number of benzene rings is 1. The van der Waals surface area contributed by atoms with Crippen LogP contribution >= 0.6 is 0 Å². The molecule has 3 rings (SSSR count). The normalized spacial score (nSPS) is 11.1. The molecule has 0 saturated heterocycles. The smallest absolute Gasteiger partial charge is 0.106 e. The molecule has 0 amide bonds. The first-order valence-corrected chi connectivity index (χ1v) is 5.72. The van der Waals surface area contributed by atoms with Gasteiger partial charge >= 0.3 is 0 Å². The van der Waals surface area contributed by atoms with Crippen LogP contribution in [-0.2, 0) is 13.1 Å². The number of aromatic nitrogens is 4. The summed E-state index contributed by atoms with van der Waals surface area (Å²) < 4.78 is 4.32. The standard InChI is InChI=1S/C13H14N4/c1-11-15-12-4-2-3-5-13(12)17(11)9-8-16-7-6-14-10-16/h2-7,10H,8-9H2,1H3. The molecule has 0 unspecified atom stereocenters. The molecule has 0 fully saturated rings. The Labute approximate surface area is 99.5 Å². The molecule has 86 valence electrons. The van der Waals surface area contributed by atoms with E-state index in [0.29, 0.717) is 0 Å². The van der Waals surface area contributed by atoms with Crippen LogP contribution in [0.2, 0.25) is 0 Å². The first kappa shape index (κ1) is 10.1. The molecule has 3 aromatic rings. The molecule has 2 aromatic heterocycles. The van der Waals surface area contributed by atoms with Crippen molar-refractivity contribution in [3.8, 4) is 0 Å².